The molecule has 6 nitrogen and oxygen atoms in total. The highest BCUT2D eigenvalue weighted by Crippen LogP contribution is 2.13. The highest BCUT2D eigenvalue weighted by molar-refractivity contribution is 7.85. The fourth-order valence-electron chi connectivity index (χ4n) is 4.85. The van der Waals surface area contributed by atoms with E-state index in [4.69, 9.17) is 0 Å². The molecule has 0 aliphatic rings. The Morgan fingerprint density at radius 3 is 1.61 bits per heavy atom. The van der Waals surface area contributed by atoms with E-state index in [0.717, 1.165) is 57.8 Å². The number of rotatable bonds is 30. The molecule has 2 atom stereocenters. The van der Waals surface area contributed by atoms with E-state index in [1.54, 1.807) is 0 Å². The van der Waals surface area contributed by atoms with E-state index in [1.165, 1.54) is 70.3 Å². The van der Waals surface area contributed by atoms with E-state index in [-0.39, 0.29) is 12.3 Å². The first-order valence-corrected chi connectivity index (χ1v) is 19.1. The zero-order valence-corrected chi connectivity index (χ0v) is 28.8. The number of aliphatic hydroxyl groups excluding tert-OH is 1. The maximum Gasteiger partial charge on any atom is 0.267 e. The Morgan fingerprint density at radius 2 is 1.09 bits per heavy atom. The molecule has 0 aliphatic carbocycles. The van der Waals surface area contributed by atoms with E-state index in [2.05, 4.69) is 67.8 Å². The molecule has 0 saturated carbocycles. The standard InChI is InChI=1S/C37H65NO5S/c1-3-5-7-9-11-13-15-17-19-21-23-25-27-29-31-33-37(40)38-35(34-44(41,42)43)36(39)32-30-28-26-24-22-20-18-16-14-12-10-8-6-4-2/h5,7,11,13,17,19,23,25,30,32,35-36,39H,3-4,6,8-10,12,14-16,18,20-22,24,26-29,31,33-34H2,1-2H3,(H,38,40)(H,41,42,43)/b7-5-,13-11-,19-17-,25-23-,32-30+. The van der Waals surface area contributed by atoms with Crippen molar-refractivity contribution in [1.82, 2.24) is 5.32 Å². The van der Waals surface area contributed by atoms with Gasteiger partial charge in [-0.15, -0.1) is 0 Å². The van der Waals surface area contributed by atoms with Crippen LogP contribution < -0.4 is 5.32 Å². The van der Waals surface area contributed by atoms with Gasteiger partial charge in [-0.1, -0.05) is 145 Å². The molecular weight excluding hydrogens is 570 g/mol. The molecule has 0 fully saturated rings. The lowest BCUT2D eigenvalue weighted by molar-refractivity contribution is -0.122. The van der Waals surface area contributed by atoms with Crippen LogP contribution in [0.25, 0.3) is 0 Å². The van der Waals surface area contributed by atoms with Crippen molar-refractivity contribution in [3.05, 3.63) is 60.8 Å². The molecule has 2 unspecified atom stereocenters. The summed E-state index contributed by atoms with van der Waals surface area (Å²) in [5.74, 6) is -1.04. The molecule has 0 aromatic rings. The molecule has 0 bridgehead atoms. The van der Waals surface area contributed by atoms with Crippen molar-refractivity contribution >= 4 is 16.0 Å². The largest absolute Gasteiger partial charge is 0.387 e. The van der Waals surface area contributed by atoms with Crippen LogP contribution >= 0.6 is 0 Å². The van der Waals surface area contributed by atoms with Crippen molar-refractivity contribution < 1.29 is 22.9 Å². The number of amides is 1. The molecule has 0 aromatic carbocycles. The molecule has 254 valence electrons. The maximum atomic E-state index is 12.4. The van der Waals surface area contributed by atoms with Gasteiger partial charge in [0.15, 0.2) is 0 Å². The molecular formula is C37H65NO5S. The first-order chi connectivity index (χ1) is 21.3. The monoisotopic (exact) mass is 635 g/mol. The van der Waals surface area contributed by atoms with Gasteiger partial charge in [-0.05, 0) is 57.8 Å². The third kappa shape index (κ3) is 31.5. The minimum atomic E-state index is -4.35. The number of hydrogen-bond donors (Lipinski definition) is 3. The molecule has 0 saturated heterocycles. The van der Waals surface area contributed by atoms with Gasteiger partial charge >= 0.3 is 0 Å². The van der Waals surface area contributed by atoms with Gasteiger partial charge in [0.2, 0.25) is 5.91 Å². The Morgan fingerprint density at radius 1 is 0.636 bits per heavy atom. The summed E-state index contributed by atoms with van der Waals surface area (Å²) in [6.45, 7) is 4.38. The van der Waals surface area contributed by atoms with Crippen LogP contribution in [0.5, 0.6) is 0 Å². The lowest BCUT2D eigenvalue weighted by atomic mass is 10.0. The summed E-state index contributed by atoms with van der Waals surface area (Å²) in [5.41, 5.74) is 0. The van der Waals surface area contributed by atoms with E-state index >= 15 is 0 Å². The molecule has 1 amide bonds. The normalized spacial score (nSPS) is 14.2. The van der Waals surface area contributed by atoms with Gasteiger partial charge in [-0.3, -0.25) is 9.35 Å². The van der Waals surface area contributed by atoms with Gasteiger partial charge in [0.25, 0.3) is 10.1 Å². The zero-order chi connectivity index (χ0) is 32.6. The van der Waals surface area contributed by atoms with Crippen molar-refractivity contribution in [2.45, 2.75) is 161 Å². The van der Waals surface area contributed by atoms with Crippen LogP contribution in [-0.2, 0) is 14.9 Å². The Bertz CT molecular complexity index is 920. The van der Waals surface area contributed by atoms with Crippen molar-refractivity contribution in [2.24, 2.45) is 0 Å². The zero-order valence-electron chi connectivity index (χ0n) is 28.0. The van der Waals surface area contributed by atoms with Gasteiger partial charge in [-0.2, -0.15) is 8.42 Å². The summed E-state index contributed by atoms with van der Waals surface area (Å²) in [6, 6.07) is -1.08. The summed E-state index contributed by atoms with van der Waals surface area (Å²) in [6.07, 6.45) is 42.0. The molecule has 0 spiro atoms. The highest BCUT2D eigenvalue weighted by Gasteiger charge is 2.24. The molecule has 0 aliphatic heterocycles. The second-order valence-electron chi connectivity index (χ2n) is 11.8. The number of carbonyl (C=O) groups is 1. The van der Waals surface area contributed by atoms with Gasteiger partial charge < -0.3 is 10.4 Å². The highest BCUT2D eigenvalue weighted by atomic mass is 32.2. The van der Waals surface area contributed by atoms with Gasteiger partial charge in [0.05, 0.1) is 17.9 Å². The average molecular weight is 636 g/mol. The van der Waals surface area contributed by atoms with E-state index < -0.39 is 28.0 Å². The predicted molar refractivity (Wildman–Crippen MR) is 188 cm³/mol. The van der Waals surface area contributed by atoms with Crippen molar-refractivity contribution in [3.8, 4) is 0 Å². The molecule has 0 rings (SSSR count). The van der Waals surface area contributed by atoms with Crippen LogP contribution in [0.1, 0.15) is 149 Å². The number of aliphatic hydroxyl groups is 1. The average Bonchev–Trinajstić information content (AvgIpc) is 2.98. The lowest BCUT2D eigenvalue weighted by Gasteiger charge is -2.21. The maximum absolute atomic E-state index is 12.4. The SMILES string of the molecule is CC/C=C\C/C=C\C/C=C\C/C=C\CCCCC(=O)NC(CS(=O)(=O)O)C(O)/C=C/CCCCCCCCCCCCCC. The first kappa shape index (κ1) is 42.0. The van der Waals surface area contributed by atoms with Gasteiger partial charge in [-0.25, -0.2) is 0 Å². The minimum Gasteiger partial charge on any atom is -0.387 e. The number of carbonyl (C=O) groups excluding carboxylic acids is 1. The summed E-state index contributed by atoms with van der Waals surface area (Å²) in [7, 11) is -4.35. The van der Waals surface area contributed by atoms with E-state index in [1.807, 2.05) is 6.08 Å². The quantitative estimate of drug-likeness (QED) is 0.0414. The van der Waals surface area contributed by atoms with Crippen molar-refractivity contribution in [2.75, 3.05) is 5.75 Å². The summed E-state index contributed by atoms with van der Waals surface area (Å²) in [5, 5.41) is 13.1. The molecule has 3 N–H and O–H groups in total. The van der Waals surface area contributed by atoms with E-state index in [9.17, 15) is 22.9 Å². The predicted octanol–water partition coefficient (Wildman–Crippen LogP) is 9.73. The van der Waals surface area contributed by atoms with Gasteiger partial charge in [0.1, 0.15) is 0 Å². The van der Waals surface area contributed by atoms with Crippen LogP contribution in [-0.4, -0.2) is 41.9 Å². The number of hydrogen-bond acceptors (Lipinski definition) is 4. The summed E-state index contributed by atoms with van der Waals surface area (Å²) >= 11 is 0. The third-order valence-corrected chi connectivity index (χ3v) is 8.23. The lowest BCUT2D eigenvalue weighted by Crippen LogP contribution is -2.46. The number of unbranched alkanes of at least 4 members (excludes halogenated alkanes) is 14. The van der Waals surface area contributed by atoms with Crippen LogP contribution in [0.2, 0.25) is 0 Å². The van der Waals surface area contributed by atoms with Gasteiger partial charge in [0, 0.05) is 6.42 Å². The van der Waals surface area contributed by atoms with Crippen LogP contribution in [0.4, 0.5) is 0 Å². The Hall–Kier alpha value is -1.96. The van der Waals surface area contributed by atoms with Crippen molar-refractivity contribution in [1.29, 1.82) is 0 Å². The summed E-state index contributed by atoms with van der Waals surface area (Å²) in [4.78, 5) is 12.4. The minimum absolute atomic E-state index is 0.241. The fraction of sp³-hybridized carbons (Fsp3) is 0.703. The van der Waals surface area contributed by atoms with E-state index in [0.29, 0.717) is 6.42 Å². The smallest absolute Gasteiger partial charge is 0.267 e. The van der Waals surface area contributed by atoms with Crippen LogP contribution in [0, 0.1) is 0 Å². The topological polar surface area (TPSA) is 104 Å². The Kier molecular flexibility index (Phi) is 29.7. The number of nitrogens with one attached hydrogen (secondary N) is 1. The number of allylic oxidation sites excluding steroid dienone is 9. The second kappa shape index (κ2) is 31.0. The first-order valence-electron chi connectivity index (χ1n) is 17.5. The molecule has 0 radical (unpaired) electrons. The second-order valence-corrected chi connectivity index (χ2v) is 13.3. The molecule has 0 aromatic heterocycles. The Balaban J connectivity index is 4.12. The van der Waals surface area contributed by atoms with Crippen molar-refractivity contribution in [3.63, 3.8) is 0 Å². The fourth-order valence-corrected chi connectivity index (χ4v) is 5.58. The molecule has 0 heterocycles. The van der Waals surface area contributed by atoms with Crippen LogP contribution in [0.3, 0.4) is 0 Å². The molecule has 44 heavy (non-hydrogen) atoms. The molecule has 7 heteroatoms. The van der Waals surface area contributed by atoms with Crippen LogP contribution in [0.15, 0.2) is 60.8 Å². The third-order valence-electron chi connectivity index (χ3n) is 7.45. The Labute approximate surface area is 271 Å². The summed E-state index contributed by atoms with van der Waals surface area (Å²) < 4.78 is 32.3.